The zero-order valence-electron chi connectivity index (χ0n) is 6.30. The highest BCUT2D eigenvalue weighted by Crippen LogP contribution is 2.31. The summed E-state index contributed by atoms with van der Waals surface area (Å²) in [5.74, 6) is 0.0848. The van der Waals surface area contributed by atoms with Crippen molar-refractivity contribution in [2.75, 3.05) is 12.8 Å². The summed E-state index contributed by atoms with van der Waals surface area (Å²) >= 11 is 3.11. The van der Waals surface area contributed by atoms with Crippen molar-refractivity contribution >= 4 is 34.0 Å². The van der Waals surface area contributed by atoms with E-state index in [0.29, 0.717) is 15.9 Å². The number of rotatable bonds is 1. The zero-order chi connectivity index (χ0) is 8.43. The standard InChI is InChI=1S/C7H7BrFNO.ClH/c1-11-7-5(8)2-4(9)3-6(7)10;/h2-3H,10H2,1H3;1H. The average Bonchev–Trinajstić information content (AvgIpc) is 1.85. The number of benzene rings is 1. The molecule has 0 aromatic heterocycles. The first-order valence-electron chi connectivity index (χ1n) is 2.93. The second-order valence-electron chi connectivity index (χ2n) is 2.01. The second kappa shape index (κ2) is 4.52. The van der Waals surface area contributed by atoms with Gasteiger partial charge in [-0.15, -0.1) is 12.4 Å². The Morgan fingerprint density at radius 1 is 1.50 bits per heavy atom. The maximum absolute atomic E-state index is 12.6. The molecule has 1 rings (SSSR count). The Hall–Kier alpha value is -0.480. The normalized spacial score (nSPS) is 8.92. The van der Waals surface area contributed by atoms with Gasteiger partial charge in [-0.1, -0.05) is 0 Å². The molecule has 2 N–H and O–H groups in total. The van der Waals surface area contributed by atoms with E-state index >= 15 is 0 Å². The van der Waals surface area contributed by atoms with Crippen LogP contribution in [0.25, 0.3) is 0 Å². The predicted octanol–water partition coefficient (Wildman–Crippen LogP) is 2.60. The molecule has 0 saturated heterocycles. The molecule has 0 atom stereocenters. The SMILES string of the molecule is COc1c(N)cc(F)cc1Br.Cl. The van der Waals surface area contributed by atoms with Crippen molar-refractivity contribution in [3.63, 3.8) is 0 Å². The number of hydrogen-bond acceptors (Lipinski definition) is 2. The number of methoxy groups -OCH3 is 1. The van der Waals surface area contributed by atoms with E-state index in [1.165, 1.54) is 19.2 Å². The van der Waals surface area contributed by atoms with Crippen LogP contribution in [0, 0.1) is 5.82 Å². The molecule has 5 heteroatoms. The van der Waals surface area contributed by atoms with E-state index in [4.69, 9.17) is 10.5 Å². The minimum Gasteiger partial charge on any atom is -0.493 e. The van der Waals surface area contributed by atoms with E-state index in [-0.39, 0.29) is 18.2 Å². The molecule has 1 aromatic carbocycles. The summed E-state index contributed by atoms with van der Waals surface area (Å²) in [6, 6.07) is 2.51. The van der Waals surface area contributed by atoms with Gasteiger partial charge in [-0.2, -0.15) is 0 Å². The average molecular weight is 257 g/mol. The van der Waals surface area contributed by atoms with E-state index in [0.717, 1.165) is 0 Å². The number of nitrogen functional groups attached to an aromatic ring is 1. The van der Waals surface area contributed by atoms with E-state index in [2.05, 4.69) is 15.9 Å². The van der Waals surface area contributed by atoms with Crippen molar-refractivity contribution in [3.05, 3.63) is 22.4 Å². The smallest absolute Gasteiger partial charge is 0.156 e. The third-order valence-corrected chi connectivity index (χ3v) is 1.83. The third-order valence-electron chi connectivity index (χ3n) is 1.24. The molecular weight excluding hydrogens is 248 g/mol. The van der Waals surface area contributed by atoms with Gasteiger partial charge in [0.15, 0.2) is 5.75 Å². The van der Waals surface area contributed by atoms with Gasteiger partial charge in [-0.3, -0.25) is 0 Å². The fourth-order valence-corrected chi connectivity index (χ4v) is 1.41. The Balaban J connectivity index is 0.00000121. The maximum atomic E-state index is 12.6. The van der Waals surface area contributed by atoms with Gasteiger partial charge in [-0.05, 0) is 22.0 Å². The van der Waals surface area contributed by atoms with Gasteiger partial charge in [0.05, 0.1) is 17.3 Å². The Labute approximate surface area is 84.4 Å². The highest BCUT2D eigenvalue weighted by atomic mass is 79.9. The van der Waals surface area contributed by atoms with Gasteiger partial charge < -0.3 is 10.5 Å². The first-order chi connectivity index (χ1) is 5.15. The molecule has 0 heterocycles. The van der Waals surface area contributed by atoms with Gasteiger partial charge in [-0.25, -0.2) is 4.39 Å². The third kappa shape index (κ3) is 2.25. The van der Waals surface area contributed by atoms with Crippen LogP contribution < -0.4 is 10.5 Å². The molecule has 0 fully saturated rings. The van der Waals surface area contributed by atoms with Crippen molar-refractivity contribution in [3.8, 4) is 5.75 Å². The highest BCUT2D eigenvalue weighted by molar-refractivity contribution is 9.10. The fourth-order valence-electron chi connectivity index (χ4n) is 0.796. The summed E-state index contributed by atoms with van der Waals surface area (Å²) in [7, 11) is 1.48. The number of halogens is 3. The van der Waals surface area contributed by atoms with E-state index in [1.54, 1.807) is 0 Å². The summed E-state index contributed by atoms with van der Waals surface area (Å²) in [4.78, 5) is 0. The van der Waals surface area contributed by atoms with Crippen LogP contribution in [0.1, 0.15) is 0 Å². The fraction of sp³-hybridized carbons (Fsp3) is 0.143. The molecule has 1 aromatic rings. The molecule has 0 aliphatic rings. The molecule has 0 unspecified atom stereocenters. The van der Waals surface area contributed by atoms with E-state index in [1.807, 2.05) is 0 Å². The van der Waals surface area contributed by atoms with Gasteiger partial charge in [0.1, 0.15) is 5.82 Å². The largest absolute Gasteiger partial charge is 0.493 e. The van der Waals surface area contributed by atoms with Crippen LogP contribution >= 0.6 is 28.3 Å². The molecule has 0 aliphatic heterocycles. The first-order valence-corrected chi connectivity index (χ1v) is 3.73. The lowest BCUT2D eigenvalue weighted by atomic mass is 10.3. The number of ether oxygens (including phenoxy) is 1. The van der Waals surface area contributed by atoms with Crippen LogP contribution in [0.2, 0.25) is 0 Å². The van der Waals surface area contributed by atoms with Crippen molar-refractivity contribution in [1.29, 1.82) is 0 Å². The summed E-state index contributed by atoms with van der Waals surface area (Å²) in [5.41, 5.74) is 5.73. The Kier molecular flexibility index (Phi) is 4.34. The van der Waals surface area contributed by atoms with Gasteiger partial charge in [0, 0.05) is 6.07 Å². The lowest BCUT2D eigenvalue weighted by Crippen LogP contribution is -1.94. The molecule has 0 saturated carbocycles. The van der Waals surface area contributed by atoms with Crippen LogP contribution in [0.3, 0.4) is 0 Å². The molecule has 12 heavy (non-hydrogen) atoms. The van der Waals surface area contributed by atoms with E-state index in [9.17, 15) is 4.39 Å². The molecule has 0 amide bonds. The van der Waals surface area contributed by atoms with Crippen LogP contribution in [-0.2, 0) is 0 Å². The number of nitrogens with two attached hydrogens (primary N) is 1. The second-order valence-corrected chi connectivity index (χ2v) is 2.86. The van der Waals surface area contributed by atoms with Crippen molar-refractivity contribution in [2.24, 2.45) is 0 Å². The van der Waals surface area contributed by atoms with Crippen LogP contribution in [0.15, 0.2) is 16.6 Å². The van der Waals surface area contributed by atoms with E-state index < -0.39 is 0 Å². The molecule has 2 nitrogen and oxygen atoms in total. The molecule has 0 aliphatic carbocycles. The quantitative estimate of drug-likeness (QED) is 0.784. The minimum absolute atomic E-state index is 0. The summed E-state index contributed by atoms with van der Waals surface area (Å²) < 4.78 is 18.0. The van der Waals surface area contributed by atoms with Crippen molar-refractivity contribution in [2.45, 2.75) is 0 Å². The summed E-state index contributed by atoms with van der Waals surface area (Å²) in [6.07, 6.45) is 0. The van der Waals surface area contributed by atoms with Gasteiger partial charge >= 0.3 is 0 Å². The van der Waals surface area contributed by atoms with Gasteiger partial charge in [0.2, 0.25) is 0 Å². The maximum Gasteiger partial charge on any atom is 0.156 e. The summed E-state index contributed by atoms with van der Waals surface area (Å²) in [6.45, 7) is 0. The Morgan fingerprint density at radius 2 is 2.08 bits per heavy atom. The molecule has 0 spiro atoms. The van der Waals surface area contributed by atoms with Crippen molar-refractivity contribution < 1.29 is 9.13 Å². The lowest BCUT2D eigenvalue weighted by Gasteiger charge is -2.05. The van der Waals surface area contributed by atoms with Gasteiger partial charge in [0.25, 0.3) is 0 Å². The zero-order valence-corrected chi connectivity index (χ0v) is 8.71. The molecule has 0 radical (unpaired) electrons. The first kappa shape index (κ1) is 11.5. The highest BCUT2D eigenvalue weighted by Gasteiger charge is 2.05. The topological polar surface area (TPSA) is 35.2 Å². The number of anilines is 1. The monoisotopic (exact) mass is 255 g/mol. The summed E-state index contributed by atoms with van der Waals surface area (Å²) in [5, 5.41) is 0. The van der Waals surface area contributed by atoms with Crippen LogP contribution in [-0.4, -0.2) is 7.11 Å². The molecule has 68 valence electrons. The van der Waals surface area contributed by atoms with Crippen LogP contribution in [0.5, 0.6) is 5.75 Å². The molecular formula is C7H8BrClFNO. The number of hydrogen-bond donors (Lipinski definition) is 1. The molecule has 0 bridgehead atoms. The lowest BCUT2D eigenvalue weighted by molar-refractivity contribution is 0.413. The minimum atomic E-state index is -0.379. The van der Waals surface area contributed by atoms with Crippen molar-refractivity contribution in [1.82, 2.24) is 0 Å². The predicted molar refractivity (Wildman–Crippen MR) is 52.3 cm³/mol. The Bertz CT molecular complexity index is 259. The van der Waals surface area contributed by atoms with Crippen LogP contribution in [0.4, 0.5) is 10.1 Å². The Morgan fingerprint density at radius 3 is 2.50 bits per heavy atom.